The number of benzene rings is 1. The van der Waals surface area contributed by atoms with Crippen LogP contribution in [-0.4, -0.2) is 38.3 Å². The van der Waals surface area contributed by atoms with Crippen LogP contribution in [0.25, 0.3) is 11.3 Å². The van der Waals surface area contributed by atoms with E-state index in [0.717, 1.165) is 5.56 Å². The van der Waals surface area contributed by atoms with Crippen molar-refractivity contribution in [1.82, 2.24) is 10.7 Å². The Bertz CT molecular complexity index is 789. The first-order valence-corrected chi connectivity index (χ1v) is 7.92. The van der Waals surface area contributed by atoms with Gasteiger partial charge in [-0.1, -0.05) is 23.2 Å². The summed E-state index contributed by atoms with van der Waals surface area (Å²) in [5.74, 6) is -0.737. The summed E-state index contributed by atoms with van der Waals surface area (Å²) in [6.07, 6.45) is 1.28. The minimum absolute atomic E-state index is 0.234. The van der Waals surface area contributed by atoms with E-state index < -0.39 is 11.8 Å². The summed E-state index contributed by atoms with van der Waals surface area (Å²) in [6, 6.07) is 8.49. The molecular formula is C16H15Cl2N3O4. The van der Waals surface area contributed by atoms with Crippen molar-refractivity contribution in [3.63, 3.8) is 0 Å². The van der Waals surface area contributed by atoms with Crippen LogP contribution in [0.3, 0.4) is 0 Å². The Morgan fingerprint density at radius 2 is 2.00 bits per heavy atom. The molecule has 2 aromatic rings. The second-order valence-electron chi connectivity index (χ2n) is 4.78. The normalized spacial score (nSPS) is 10.8. The Labute approximate surface area is 153 Å². The van der Waals surface area contributed by atoms with Crippen LogP contribution in [0.1, 0.15) is 5.76 Å². The average Bonchev–Trinajstić information content (AvgIpc) is 3.06. The third-order valence-electron chi connectivity index (χ3n) is 2.99. The largest absolute Gasteiger partial charge is 0.455 e. The molecule has 0 atom stereocenters. The van der Waals surface area contributed by atoms with Crippen LogP contribution in [0.15, 0.2) is 39.9 Å². The van der Waals surface area contributed by atoms with Crippen molar-refractivity contribution in [3.8, 4) is 11.3 Å². The lowest BCUT2D eigenvalue weighted by Gasteiger charge is -2.02. The van der Waals surface area contributed by atoms with Gasteiger partial charge in [-0.25, -0.2) is 5.43 Å². The van der Waals surface area contributed by atoms with Crippen molar-refractivity contribution in [2.24, 2.45) is 5.10 Å². The molecule has 0 unspecified atom stereocenters. The SMILES string of the molecule is COCCNC(=O)C(=O)N/N=C/c1ccc(-c2ccc(Cl)c(Cl)c2)o1. The van der Waals surface area contributed by atoms with Gasteiger partial charge in [-0.15, -0.1) is 0 Å². The second kappa shape index (κ2) is 9.22. The summed E-state index contributed by atoms with van der Waals surface area (Å²) in [5.41, 5.74) is 2.85. The monoisotopic (exact) mass is 383 g/mol. The first kappa shape index (κ1) is 19.0. The number of nitrogens with zero attached hydrogens (tertiary/aromatic N) is 1. The Hall–Kier alpha value is -2.35. The van der Waals surface area contributed by atoms with Crippen molar-refractivity contribution in [3.05, 3.63) is 46.1 Å². The number of rotatable bonds is 6. The highest BCUT2D eigenvalue weighted by Crippen LogP contribution is 2.29. The predicted molar refractivity (Wildman–Crippen MR) is 94.8 cm³/mol. The molecule has 1 heterocycles. The summed E-state index contributed by atoms with van der Waals surface area (Å²) in [7, 11) is 1.49. The van der Waals surface area contributed by atoms with Gasteiger partial charge in [0.2, 0.25) is 0 Å². The fourth-order valence-corrected chi connectivity index (χ4v) is 2.08. The van der Waals surface area contributed by atoms with Crippen molar-refractivity contribution >= 4 is 41.2 Å². The van der Waals surface area contributed by atoms with Gasteiger partial charge in [-0.3, -0.25) is 9.59 Å². The summed E-state index contributed by atoms with van der Waals surface area (Å²) in [6.45, 7) is 0.545. The molecule has 0 radical (unpaired) electrons. The lowest BCUT2D eigenvalue weighted by molar-refractivity contribution is -0.139. The number of methoxy groups -OCH3 is 1. The summed E-state index contributed by atoms with van der Waals surface area (Å²) < 4.78 is 10.3. The molecule has 0 aliphatic heterocycles. The second-order valence-corrected chi connectivity index (χ2v) is 5.59. The van der Waals surface area contributed by atoms with E-state index in [2.05, 4.69) is 15.8 Å². The Balaban J connectivity index is 1.92. The molecule has 0 aliphatic rings. The molecule has 0 fully saturated rings. The van der Waals surface area contributed by atoms with E-state index >= 15 is 0 Å². The molecule has 2 N–H and O–H groups in total. The molecule has 7 nitrogen and oxygen atoms in total. The number of amides is 2. The lowest BCUT2D eigenvalue weighted by atomic mass is 10.2. The van der Waals surface area contributed by atoms with E-state index in [1.54, 1.807) is 30.3 Å². The Morgan fingerprint density at radius 3 is 2.72 bits per heavy atom. The minimum Gasteiger partial charge on any atom is -0.455 e. The number of carbonyl (C=O) groups is 2. The maximum atomic E-state index is 11.5. The van der Waals surface area contributed by atoms with Gasteiger partial charge >= 0.3 is 11.8 Å². The van der Waals surface area contributed by atoms with Crippen LogP contribution in [-0.2, 0) is 14.3 Å². The molecule has 132 valence electrons. The van der Waals surface area contributed by atoms with Crippen LogP contribution < -0.4 is 10.7 Å². The molecule has 0 aliphatic carbocycles. The first-order valence-electron chi connectivity index (χ1n) is 7.16. The van der Waals surface area contributed by atoms with Gasteiger partial charge in [0.05, 0.1) is 22.9 Å². The maximum Gasteiger partial charge on any atom is 0.329 e. The molecule has 1 aromatic heterocycles. The fraction of sp³-hybridized carbons (Fsp3) is 0.188. The van der Waals surface area contributed by atoms with Gasteiger partial charge in [0.15, 0.2) is 0 Å². The first-order chi connectivity index (χ1) is 12.0. The summed E-state index contributed by atoms with van der Waals surface area (Å²) in [5, 5.41) is 6.91. The molecular weight excluding hydrogens is 369 g/mol. The van der Waals surface area contributed by atoms with E-state index in [4.69, 9.17) is 32.4 Å². The van der Waals surface area contributed by atoms with Crippen LogP contribution in [0.2, 0.25) is 10.0 Å². The van der Waals surface area contributed by atoms with E-state index in [1.165, 1.54) is 13.3 Å². The standard InChI is InChI=1S/C16H15Cl2N3O4/c1-24-7-6-19-15(22)16(23)21-20-9-11-3-5-14(25-11)10-2-4-12(17)13(18)8-10/h2-5,8-9H,6-7H2,1H3,(H,19,22)(H,21,23)/b20-9+. The topological polar surface area (TPSA) is 92.9 Å². The summed E-state index contributed by atoms with van der Waals surface area (Å²) in [4.78, 5) is 22.9. The van der Waals surface area contributed by atoms with Crippen LogP contribution >= 0.6 is 23.2 Å². The fourth-order valence-electron chi connectivity index (χ4n) is 1.78. The number of carbonyl (C=O) groups excluding carboxylic acids is 2. The van der Waals surface area contributed by atoms with Gasteiger partial charge < -0.3 is 14.5 Å². The highest BCUT2D eigenvalue weighted by Gasteiger charge is 2.11. The zero-order valence-corrected chi connectivity index (χ0v) is 14.7. The van der Waals surface area contributed by atoms with E-state index in [0.29, 0.717) is 28.2 Å². The Kier molecular flexibility index (Phi) is 7.00. The van der Waals surface area contributed by atoms with Crippen molar-refractivity contribution < 1.29 is 18.7 Å². The van der Waals surface area contributed by atoms with Gasteiger partial charge in [0, 0.05) is 19.2 Å². The third kappa shape index (κ3) is 5.60. The Morgan fingerprint density at radius 1 is 1.20 bits per heavy atom. The third-order valence-corrected chi connectivity index (χ3v) is 3.73. The van der Waals surface area contributed by atoms with Crippen molar-refractivity contribution in [1.29, 1.82) is 0 Å². The predicted octanol–water partition coefficient (Wildman–Crippen LogP) is 2.47. The highest BCUT2D eigenvalue weighted by atomic mass is 35.5. The lowest BCUT2D eigenvalue weighted by Crippen LogP contribution is -2.39. The molecule has 2 rings (SSSR count). The molecule has 1 aromatic carbocycles. The number of halogens is 2. The quantitative estimate of drug-likeness (QED) is 0.346. The molecule has 9 heteroatoms. The summed E-state index contributed by atoms with van der Waals surface area (Å²) >= 11 is 11.8. The van der Waals surface area contributed by atoms with Crippen molar-refractivity contribution in [2.45, 2.75) is 0 Å². The number of furan rings is 1. The number of hydrazone groups is 1. The zero-order chi connectivity index (χ0) is 18.2. The van der Waals surface area contributed by atoms with Crippen molar-refractivity contribution in [2.75, 3.05) is 20.3 Å². The smallest absolute Gasteiger partial charge is 0.329 e. The van der Waals surface area contributed by atoms with E-state index in [-0.39, 0.29) is 6.54 Å². The average molecular weight is 384 g/mol. The number of nitrogens with one attached hydrogen (secondary N) is 2. The minimum atomic E-state index is -0.886. The van der Waals surface area contributed by atoms with Crippen LogP contribution in [0.4, 0.5) is 0 Å². The highest BCUT2D eigenvalue weighted by molar-refractivity contribution is 6.42. The van der Waals surface area contributed by atoms with Crippen LogP contribution in [0.5, 0.6) is 0 Å². The molecule has 0 bridgehead atoms. The molecule has 2 amide bonds. The molecule has 0 spiro atoms. The molecule has 0 saturated heterocycles. The number of ether oxygens (including phenoxy) is 1. The van der Waals surface area contributed by atoms with Crippen LogP contribution in [0, 0.1) is 0 Å². The van der Waals surface area contributed by atoms with E-state index in [1.807, 2.05) is 0 Å². The number of hydrogen-bond donors (Lipinski definition) is 2. The van der Waals surface area contributed by atoms with Gasteiger partial charge in [0.1, 0.15) is 11.5 Å². The molecule has 0 saturated carbocycles. The van der Waals surface area contributed by atoms with Gasteiger partial charge in [-0.05, 0) is 30.3 Å². The number of hydrogen-bond acceptors (Lipinski definition) is 5. The van der Waals surface area contributed by atoms with Gasteiger partial charge in [0.25, 0.3) is 0 Å². The van der Waals surface area contributed by atoms with E-state index in [9.17, 15) is 9.59 Å². The molecule has 25 heavy (non-hydrogen) atoms. The zero-order valence-electron chi connectivity index (χ0n) is 13.2. The van der Waals surface area contributed by atoms with Gasteiger partial charge in [-0.2, -0.15) is 5.10 Å². The maximum absolute atomic E-state index is 11.5.